The van der Waals surface area contributed by atoms with Crippen molar-refractivity contribution in [2.45, 2.75) is 12.0 Å². The zero-order valence-electron chi connectivity index (χ0n) is 14.7. The first-order chi connectivity index (χ1) is 13.1. The van der Waals surface area contributed by atoms with Gasteiger partial charge in [-0.25, -0.2) is 4.39 Å². The summed E-state index contributed by atoms with van der Waals surface area (Å²) in [7, 11) is 0. The number of hydrogen-bond donors (Lipinski definition) is 0. The monoisotopic (exact) mass is 370 g/mol. The van der Waals surface area contributed by atoms with Crippen LogP contribution in [0.15, 0.2) is 42.7 Å². The molecule has 0 saturated carbocycles. The SMILES string of the molecule is O=C(c1ccnnc1)N1CCO[C@]2(CCN(C(=O)c3ccc(F)cc3)C2)C1. The Kier molecular flexibility index (Phi) is 4.57. The summed E-state index contributed by atoms with van der Waals surface area (Å²) in [5.74, 6) is -0.645. The molecule has 1 aromatic carbocycles. The maximum atomic E-state index is 13.1. The molecule has 140 valence electrons. The summed E-state index contributed by atoms with van der Waals surface area (Å²) < 4.78 is 19.1. The Balaban J connectivity index is 1.45. The van der Waals surface area contributed by atoms with Crippen LogP contribution in [0.3, 0.4) is 0 Å². The molecule has 27 heavy (non-hydrogen) atoms. The second kappa shape index (κ2) is 7.03. The average Bonchev–Trinajstić information content (AvgIpc) is 3.11. The van der Waals surface area contributed by atoms with Gasteiger partial charge in [-0.1, -0.05) is 0 Å². The smallest absolute Gasteiger partial charge is 0.255 e. The predicted octanol–water partition coefficient (Wildman–Crippen LogP) is 1.37. The molecule has 1 atom stereocenters. The van der Waals surface area contributed by atoms with Gasteiger partial charge in [-0.2, -0.15) is 10.2 Å². The minimum absolute atomic E-state index is 0.115. The molecule has 2 aromatic rings. The van der Waals surface area contributed by atoms with Crippen LogP contribution < -0.4 is 0 Å². The molecule has 1 spiro atoms. The Morgan fingerprint density at radius 1 is 0.963 bits per heavy atom. The number of carbonyl (C=O) groups excluding carboxylic acids is 2. The van der Waals surface area contributed by atoms with E-state index < -0.39 is 5.60 Å². The topological polar surface area (TPSA) is 75.6 Å². The fraction of sp³-hybridized carbons (Fsp3) is 0.368. The van der Waals surface area contributed by atoms with Crippen LogP contribution in [0.5, 0.6) is 0 Å². The van der Waals surface area contributed by atoms with Crippen molar-refractivity contribution in [1.29, 1.82) is 0 Å². The van der Waals surface area contributed by atoms with Crippen molar-refractivity contribution in [3.05, 3.63) is 59.7 Å². The van der Waals surface area contributed by atoms with E-state index in [-0.39, 0.29) is 17.6 Å². The van der Waals surface area contributed by atoms with Gasteiger partial charge in [0.25, 0.3) is 11.8 Å². The summed E-state index contributed by atoms with van der Waals surface area (Å²) in [5.41, 5.74) is 0.365. The number of likely N-dealkylation sites (tertiary alicyclic amines) is 1. The van der Waals surface area contributed by atoms with Gasteiger partial charge in [-0.15, -0.1) is 0 Å². The standard InChI is InChI=1S/C19H19FN4O3/c20-16-3-1-14(2-4-16)17(25)23-8-6-19(12-23)13-24(9-10-27-19)18(26)15-5-7-21-22-11-15/h1-5,7,11H,6,8-10,12-13H2/t19-/m0/s1. The molecule has 0 bridgehead atoms. The van der Waals surface area contributed by atoms with Crippen molar-refractivity contribution >= 4 is 11.8 Å². The van der Waals surface area contributed by atoms with Crippen LogP contribution in [0.2, 0.25) is 0 Å². The van der Waals surface area contributed by atoms with Gasteiger partial charge >= 0.3 is 0 Å². The van der Waals surface area contributed by atoms with Gasteiger partial charge in [0.2, 0.25) is 0 Å². The number of nitrogens with zero attached hydrogens (tertiary/aromatic N) is 4. The van der Waals surface area contributed by atoms with Gasteiger partial charge in [0.1, 0.15) is 11.4 Å². The summed E-state index contributed by atoms with van der Waals surface area (Å²) in [6, 6.07) is 7.16. The Hall–Kier alpha value is -2.87. The highest BCUT2D eigenvalue weighted by Crippen LogP contribution is 2.30. The van der Waals surface area contributed by atoms with Gasteiger partial charge < -0.3 is 14.5 Å². The molecule has 2 saturated heterocycles. The lowest BCUT2D eigenvalue weighted by Crippen LogP contribution is -2.55. The predicted molar refractivity (Wildman–Crippen MR) is 93.5 cm³/mol. The van der Waals surface area contributed by atoms with Crippen LogP contribution in [-0.4, -0.2) is 70.2 Å². The zero-order chi connectivity index (χ0) is 18.9. The third kappa shape index (κ3) is 3.52. The summed E-state index contributed by atoms with van der Waals surface area (Å²) in [6.07, 6.45) is 3.59. The molecule has 8 heteroatoms. The number of amides is 2. The van der Waals surface area contributed by atoms with Gasteiger partial charge in [0, 0.05) is 18.7 Å². The number of halogens is 1. The minimum Gasteiger partial charge on any atom is -0.369 e. The fourth-order valence-corrected chi connectivity index (χ4v) is 3.66. The lowest BCUT2D eigenvalue weighted by atomic mass is 10.00. The Morgan fingerprint density at radius 2 is 1.67 bits per heavy atom. The number of benzene rings is 1. The lowest BCUT2D eigenvalue weighted by Gasteiger charge is -2.40. The third-order valence-corrected chi connectivity index (χ3v) is 5.06. The molecule has 3 heterocycles. The number of morpholine rings is 1. The summed E-state index contributed by atoms with van der Waals surface area (Å²) >= 11 is 0. The molecule has 4 rings (SSSR count). The van der Waals surface area contributed by atoms with Crippen LogP contribution in [0.4, 0.5) is 4.39 Å². The fourth-order valence-electron chi connectivity index (χ4n) is 3.66. The Morgan fingerprint density at radius 3 is 2.37 bits per heavy atom. The van der Waals surface area contributed by atoms with Gasteiger partial charge in [-0.3, -0.25) is 9.59 Å². The highest BCUT2D eigenvalue weighted by atomic mass is 19.1. The van der Waals surface area contributed by atoms with Crippen LogP contribution in [0.1, 0.15) is 27.1 Å². The summed E-state index contributed by atoms with van der Waals surface area (Å²) in [4.78, 5) is 28.8. The maximum Gasteiger partial charge on any atom is 0.255 e. The zero-order valence-corrected chi connectivity index (χ0v) is 14.7. The molecule has 2 amide bonds. The second-order valence-corrected chi connectivity index (χ2v) is 6.87. The van der Waals surface area contributed by atoms with Crippen molar-refractivity contribution in [3.8, 4) is 0 Å². The van der Waals surface area contributed by atoms with E-state index >= 15 is 0 Å². The van der Waals surface area contributed by atoms with E-state index in [1.165, 1.54) is 36.7 Å². The van der Waals surface area contributed by atoms with Crippen molar-refractivity contribution in [3.63, 3.8) is 0 Å². The quantitative estimate of drug-likeness (QED) is 0.798. The van der Waals surface area contributed by atoms with Gasteiger partial charge in [-0.05, 0) is 36.8 Å². The number of rotatable bonds is 2. The number of carbonyl (C=O) groups is 2. The van der Waals surface area contributed by atoms with E-state index in [9.17, 15) is 14.0 Å². The van der Waals surface area contributed by atoms with E-state index in [0.29, 0.717) is 50.3 Å². The van der Waals surface area contributed by atoms with E-state index in [4.69, 9.17) is 4.74 Å². The lowest BCUT2D eigenvalue weighted by molar-refractivity contribution is -0.0904. The van der Waals surface area contributed by atoms with Crippen LogP contribution >= 0.6 is 0 Å². The molecule has 0 aliphatic carbocycles. The highest BCUT2D eigenvalue weighted by Gasteiger charge is 2.45. The first-order valence-corrected chi connectivity index (χ1v) is 8.81. The molecule has 2 aliphatic rings. The van der Waals surface area contributed by atoms with E-state index in [1.807, 2.05) is 0 Å². The average molecular weight is 370 g/mol. The maximum absolute atomic E-state index is 13.1. The van der Waals surface area contributed by atoms with Crippen molar-refractivity contribution in [2.75, 3.05) is 32.8 Å². The van der Waals surface area contributed by atoms with Gasteiger partial charge in [0.15, 0.2) is 0 Å². The molecule has 0 unspecified atom stereocenters. The Bertz CT molecular complexity index is 846. The van der Waals surface area contributed by atoms with Crippen molar-refractivity contribution in [2.24, 2.45) is 0 Å². The number of aromatic nitrogens is 2. The largest absolute Gasteiger partial charge is 0.369 e. The van der Waals surface area contributed by atoms with Crippen molar-refractivity contribution < 1.29 is 18.7 Å². The molecular formula is C19H19FN4O3. The molecule has 1 aromatic heterocycles. The molecule has 7 nitrogen and oxygen atoms in total. The normalized spacial score (nSPS) is 22.3. The minimum atomic E-state index is -0.565. The van der Waals surface area contributed by atoms with Crippen molar-refractivity contribution in [1.82, 2.24) is 20.0 Å². The molecule has 0 radical (unpaired) electrons. The second-order valence-electron chi connectivity index (χ2n) is 6.87. The third-order valence-electron chi connectivity index (χ3n) is 5.06. The molecule has 0 N–H and O–H groups in total. The van der Waals surface area contributed by atoms with E-state index in [1.54, 1.807) is 15.9 Å². The van der Waals surface area contributed by atoms with Crippen LogP contribution in [0.25, 0.3) is 0 Å². The van der Waals surface area contributed by atoms with Crippen LogP contribution in [-0.2, 0) is 4.74 Å². The first-order valence-electron chi connectivity index (χ1n) is 8.81. The number of ether oxygens (including phenoxy) is 1. The Labute approximate surface area is 155 Å². The van der Waals surface area contributed by atoms with Crippen LogP contribution in [0, 0.1) is 5.82 Å². The van der Waals surface area contributed by atoms with E-state index in [2.05, 4.69) is 10.2 Å². The van der Waals surface area contributed by atoms with E-state index in [0.717, 1.165) is 0 Å². The number of hydrogen-bond acceptors (Lipinski definition) is 5. The summed E-state index contributed by atoms with van der Waals surface area (Å²) in [5, 5.41) is 7.45. The first kappa shape index (κ1) is 17.5. The summed E-state index contributed by atoms with van der Waals surface area (Å²) in [6.45, 7) is 2.27. The molecular weight excluding hydrogens is 351 g/mol. The highest BCUT2D eigenvalue weighted by molar-refractivity contribution is 5.95. The molecule has 2 fully saturated rings. The van der Waals surface area contributed by atoms with Gasteiger partial charge in [0.05, 0.1) is 37.7 Å². The molecule has 2 aliphatic heterocycles.